The third-order valence-electron chi connectivity index (χ3n) is 3.38. The van der Waals surface area contributed by atoms with Crippen LogP contribution in [0.2, 0.25) is 0 Å². The largest absolute Gasteiger partial charge is 0.304 e. The molecule has 15 heavy (non-hydrogen) atoms. The smallest absolute Gasteiger partial charge is 0.155 e. The molecule has 3 unspecified atom stereocenters. The summed E-state index contributed by atoms with van der Waals surface area (Å²) in [5.41, 5.74) is -0.199. The highest BCUT2D eigenvalue weighted by Crippen LogP contribution is 2.35. The van der Waals surface area contributed by atoms with Crippen molar-refractivity contribution in [3.63, 3.8) is 0 Å². The first kappa shape index (κ1) is 11.5. The Morgan fingerprint density at radius 1 is 1.40 bits per heavy atom. The molecule has 2 aliphatic heterocycles. The highest BCUT2D eigenvalue weighted by Gasteiger charge is 2.41. The highest BCUT2D eigenvalue weighted by molar-refractivity contribution is 8.00. The van der Waals surface area contributed by atoms with Crippen molar-refractivity contribution >= 4 is 17.5 Å². The molecule has 3 atom stereocenters. The number of hydrogen-bond donors (Lipinski definition) is 1. The van der Waals surface area contributed by atoms with Crippen LogP contribution in [-0.2, 0) is 4.79 Å². The minimum Gasteiger partial charge on any atom is -0.304 e. The molecule has 2 fully saturated rings. The van der Waals surface area contributed by atoms with E-state index in [9.17, 15) is 4.79 Å². The molecule has 3 heteroatoms. The molecule has 0 spiro atoms. The molecule has 2 rings (SSSR count). The zero-order valence-corrected chi connectivity index (χ0v) is 10.7. The molecule has 2 aliphatic rings. The number of carbonyl (C=O) groups excluding carboxylic acids is 1. The molecule has 1 N–H and O–H groups in total. The standard InChI is InChI=1S/C12H21NOS/c1-12(2,3)11(14)9-7-10-8(13-9)5-4-6-15-10/h8-10,13H,4-7H2,1-3H3. The molecule has 2 saturated heterocycles. The van der Waals surface area contributed by atoms with Crippen LogP contribution in [0, 0.1) is 5.41 Å². The maximum Gasteiger partial charge on any atom is 0.155 e. The summed E-state index contributed by atoms with van der Waals surface area (Å²) in [6, 6.07) is 0.714. The minimum absolute atomic E-state index is 0.116. The van der Waals surface area contributed by atoms with Crippen molar-refractivity contribution in [2.75, 3.05) is 5.75 Å². The molecule has 0 aromatic carbocycles. The maximum atomic E-state index is 12.1. The van der Waals surface area contributed by atoms with Crippen molar-refractivity contribution in [3.05, 3.63) is 0 Å². The quantitative estimate of drug-likeness (QED) is 0.745. The number of hydrogen-bond acceptors (Lipinski definition) is 3. The average Bonchev–Trinajstić information content (AvgIpc) is 2.58. The summed E-state index contributed by atoms with van der Waals surface area (Å²) in [5.74, 6) is 1.66. The van der Waals surface area contributed by atoms with Crippen LogP contribution >= 0.6 is 11.8 Å². The van der Waals surface area contributed by atoms with Gasteiger partial charge in [0.25, 0.3) is 0 Å². The normalized spacial score (nSPS) is 36.3. The molecular formula is C12H21NOS. The van der Waals surface area contributed by atoms with E-state index in [1.807, 2.05) is 20.8 Å². The zero-order valence-electron chi connectivity index (χ0n) is 9.88. The molecule has 0 aliphatic carbocycles. The van der Waals surface area contributed by atoms with E-state index in [-0.39, 0.29) is 11.5 Å². The van der Waals surface area contributed by atoms with Gasteiger partial charge in [0.15, 0.2) is 5.78 Å². The van der Waals surface area contributed by atoms with E-state index in [0.29, 0.717) is 17.1 Å². The Balaban J connectivity index is 2.00. The van der Waals surface area contributed by atoms with Crippen molar-refractivity contribution in [1.29, 1.82) is 0 Å². The number of fused-ring (bicyclic) bond motifs is 1. The van der Waals surface area contributed by atoms with E-state index in [2.05, 4.69) is 17.1 Å². The van der Waals surface area contributed by atoms with Crippen LogP contribution in [0.1, 0.15) is 40.0 Å². The zero-order chi connectivity index (χ0) is 11.1. The van der Waals surface area contributed by atoms with Crippen LogP contribution in [0.4, 0.5) is 0 Å². The molecular weight excluding hydrogens is 206 g/mol. The minimum atomic E-state index is -0.199. The van der Waals surface area contributed by atoms with Gasteiger partial charge in [0.2, 0.25) is 0 Å². The third-order valence-corrected chi connectivity index (χ3v) is 4.85. The Labute approximate surface area is 96.6 Å². The lowest BCUT2D eigenvalue weighted by Crippen LogP contribution is -2.42. The Hall–Kier alpha value is -0.0200. The second-order valence-corrected chi connectivity index (χ2v) is 7.07. The van der Waals surface area contributed by atoms with E-state index < -0.39 is 0 Å². The van der Waals surface area contributed by atoms with Crippen LogP contribution in [0.3, 0.4) is 0 Å². The summed E-state index contributed by atoms with van der Waals surface area (Å²) in [6.07, 6.45) is 3.60. The summed E-state index contributed by atoms with van der Waals surface area (Å²) in [7, 11) is 0. The molecule has 2 heterocycles. The van der Waals surface area contributed by atoms with Crippen molar-refractivity contribution in [2.45, 2.75) is 57.4 Å². The number of carbonyl (C=O) groups is 1. The first-order chi connectivity index (χ1) is 6.98. The highest BCUT2D eigenvalue weighted by atomic mass is 32.2. The number of nitrogens with one attached hydrogen (secondary N) is 1. The van der Waals surface area contributed by atoms with Gasteiger partial charge < -0.3 is 5.32 Å². The number of Topliss-reactive ketones (excluding diaryl/α,β-unsaturated/α-hetero) is 1. The number of thioether (sulfide) groups is 1. The van der Waals surface area contributed by atoms with Crippen LogP contribution in [0.25, 0.3) is 0 Å². The van der Waals surface area contributed by atoms with Gasteiger partial charge in [-0.1, -0.05) is 20.8 Å². The van der Waals surface area contributed by atoms with Gasteiger partial charge in [0, 0.05) is 16.7 Å². The lowest BCUT2D eigenvalue weighted by atomic mass is 9.86. The fourth-order valence-electron chi connectivity index (χ4n) is 2.53. The Morgan fingerprint density at radius 2 is 2.13 bits per heavy atom. The SMILES string of the molecule is CC(C)(C)C(=O)C1CC2SCCCC2N1. The van der Waals surface area contributed by atoms with Crippen LogP contribution < -0.4 is 5.32 Å². The van der Waals surface area contributed by atoms with E-state index in [1.165, 1.54) is 18.6 Å². The predicted molar refractivity (Wildman–Crippen MR) is 65.3 cm³/mol. The molecule has 0 aromatic heterocycles. The molecule has 2 nitrogen and oxygen atoms in total. The van der Waals surface area contributed by atoms with Crippen molar-refractivity contribution in [3.8, 4) is 0 Å². The summed E-state index contributed by atoms with van der Waals surface area (Å²) in [6.45, 7) is 6.06. The maximum absolute atomic E-state index is 12.1. The summed E-state index contributed by atoms with van der Waals surface area (Å²) < 4.78 is 0. The number of ketones is 1. The van der Waals surface area contributed by atoms with Crippen LogP contribution in [0.15, 0.2) is 0 Å². The Morgan fingerprint density at radius 3 is 2.73 bits per heavy atom. The van der Waals surface area contributed by atoms with Gasteiger partial charge in [0.05, 0.1) is 6.04 Å². The topological polar surface area (TPSA) is 29.1 Å². The van der Waals surface area contributed by atoms with Gasteiger partial charge >= 0.3 is 0 Å². The lowest BCUT2D eigenvalue weighted by molar-refractivity contribution is -0.128. The van der Waals surface area contributed by atoms with Crippen LogP contribution in [-0.4, -0.2) is 28.9 Å². The Kier molecular flexibility index (Phi) is 3.13. The van der Waals surface area contributed by atoms with E-state index in [1.54, 1.807) is 0 Å². The summed E-state index contributed by atoms with van der Waals surface area (Å²) in [4.78, 5) is 12.1. The van der Waals surface area contributed by atoms with E-state index >= 15 is 0 Å². The second kappa shape index (κ2) is 4.10. The summed E-state index contributed by atoms with van der Waals surface area (Å²) >= 11 is 2.05. The molecule has 0 amide bonds. The molecule has 0 saturated carbocycles. The first-order valence-corrected chi connectivity index (χ1v) is 6.95. The van der Waals surface area contributed by atoms with Crippen molar-refractivity contribution in [2.24, 2.45) is 5.41 Å². The predicted octanol–water partition coefficient (Wildman–Crippen LogP) is 2.23. The van der Waals surface area contributed by atoms with Gasteiger partial charge in [-0.3, -0.25) is 4.79 Å². The third kappa shape index (κ3) is 2.39. The van der Waals surface area contributed by atoms with Gasteiger partial charge in [0.1, 0.15) is 0 Å². The fourth-order valence-corrected chi connectivity index (χ4v) is 3.94. The van der Waals surface area contributed by atoms with Gasteiger partial charge in [-0.05, 0) is 25.0 Å². The number of rotatable bonds is 1. The van der Waals surface area contributed by atoms with Gasteiger partial charge in [-0.2, -0.15) is 11.8 Å². The molecule has 0 aromatic rings. The lowest BCUT2D eigenvalue weighted by Gasteiger charge is -2.24. The van der Waals surface area contributed by atoms with Gasteiger partial charge in [-0.15, -0.1) is 0 Å². The van der Waals surface area contributed by atoms with E-state index in [0.717, 1.165) is 6.42 Å². The molecule has 0 radical (unpaired) electrons. The molecule has 86 valence electrons. The fraction of sp³-hybridized carbons (Fsp3) is 0.917. The Bertz CT molecular complexity index is 245. The summed E-state index contributed by atoms with van der Waals surface area (Å²) in [5, 5.41) is 4.22. The monoisotopic (exact) mass is 227 g/mol. The average molecular weight is 227 g/mol. The van der Waals surface area contributed by atoms with Crippen molar-refractivity contribution in [1.82, 2.24) is 5.32 Å². The van der Waals surface area contributed by atoms with E-state index in [4.69, 9.17) is 0 Å². The van der Waals surface area contributed by atoms with Crippen LogP contribution in [0.5, 0.6) is 0 Å². The first-order valence-electron chi connectivity index (χ1n) is 5.90. The molecule has 0 bridgehead atoms. The second-order valence-electron chi connectivity index (χ2n) is 5.73. The van der Waals surface area contributed by atoms with Crippen molar-refractivity contribution < 1.29 is 4.79 Å². The van der Waals surface area contributed by atoms with Gasteiger partial charge in [-0.25, -0.2) is 0 Å².